The Morgan fingerprint density at radius 1 is 1.39 bits per heavy atom. The van der Waals surface area contributed by atoms with Crippen LogP contribution in [0.15, 0.2) is 0 Å². The summed E-state index contributed by atoms with van der Waals surface area (Å²) in [7, 11) is 0. The number of halogens is 3. The Morgan fingerprint density at radius 3 is 2.28 bits per heavy atom. The number of β-amino-alcohol motifs (C(OH)–C–C–N with tert-alkyl or cyclic N) is 1. The Morgan fingerprint density at radius 2 is 1.89 bits per heavy atom. The van der Waals surface area contributed by atoms with E-state index in [-0.39, 0.29) is 18.2 Å². The van der Waals surface area contributed by atoms with Gasteiger partial charge in [0.05, 0.1) is 0 Å². The third kappa shape index (κ3) is 4.13. The molecule has 1 heterocycles. The van der Waals surface area contributed by atoms with E-state index in [1.165, 1.54) is 0 Å². The van der Waals surface area contributed by atoms with Crippen LogP contribution in [-0.4, -0.2) is 47.3 Å². The van der Waals surface area contributed by atoms with Crippen LogP contribution < -0.4 is 5.73 Å². The van der Waals surface area contributed by atoms with Gasteiger partial charge in [0.25, 0.3) is 0 Å². The fourth-order valence-electron chi connectivity index (χ4n) is 2.16. The van der Waals surface area contributed by atoms with Crippen molar-refractivity contribution < 1.29 is 23.1 Å². The fraction of sp³-hybridized carbons (Fsp3) is 0.909. The molecule has 1 saturated heterocycles. The van der Waals surface area contributed by atoms with E-state index in [4.69, 9.17) is 5.73 Å². The largest absolute Gasteiger partial charge is 0.418 e. The van der Waals surface area contributed by atoms with Crippen LogP contribution in [-0.2, 0) is 4.79 Å². The van der Waals surface area contributed by atoms with Crippen LogP contribution in [0.3, 0.4) is 0 Å². The van der Waals surface area contributed by atoms with Crippen molar-refractivity contribution in [1.82, 2.24) is 4.90 Å². The van der Waals surface area contributed by atoms with E-state index in [1.807, 2.05) is 0 Å². The molecule has 0 aromatic heterocycles. The maximum absolute atomic E-state index is 12.5. The highest BCUT2D eigenvalue weighted by atomic mass is 19.4. The second kappa shape index (κ2) is 5.44. The van der Waals surface area contributed by atoms with Gasteiger partial charge < -0.3 is 15.7 Å². The van der Waals surface area contributed by atoms with Gasteiger partial charge in [-0.2, -0.15) is 13.2 Å². The number of rotatable bonds is 4. The van der Waals surface area contributed by atoms with Gasteiger partial charge in [0.2, 0.25) is 5.91 Å². The molecule has 0 bridgehead atoms. The first-order chi connectivity index (χ1) is 8.12. The zero-order valence-electron chi connectivity index (χ0n) is 10.3. The van der Waals surface area contributed by atoms with Crippen LogP contribution in [0.4, 0.5) is 13.2 Å². The topological polar surface area (TPSA) is 66.6 Å². The highest BCUT2D eigenvalue weighted by molar-refractivity contribution is 5.73. The number of carbonyl (C=O) groups excluding carboxylic acids is 1. The zero-order valence-corrected chi connectivity index (χ0v) is 10.3. The summed E-state index contributed by atoms with van der Waals surface area (Å²) in [4.78, 5) is 12.3. The third-order valence-corrected chi connectivity index (χ3v) is 3.34. The van der Waals surface area contributed by atoms with Crippen molar-refractivity contribution in [1.29, 1.82) is 0 Å². The molecule has 0 saturated carbocycles. The number of carbonyl (C=O) groups is 1. The van der Waals surface area contributed by atoms with E-state index < -0.39 is 18.3 Å². The Balaban J connectivity index is 2.42. The van der Waals surface area contributed by atoms with Gasteiger partial charge in [-0.15, -0.1) is 0 Å². The van der Waals surface area contributed by atoms with E-state index in [0.29, 0.717) is 25.9 Å². The number of amides is 1. The summed E-state index contributed by atoms with van der Waals surface area (Å²) < 4.78 is 37.5. The second-order valence-electron chi connectivity index (χ2n) is 5.16. The lowest BCUT2D eigenvalue weighted by atomic mass is 9.92. The van der Waals surface area contributed by atoms with Crippen LogP contribution in [0.5, 0.6) is 0 Å². The summed E-state index contributed by atoms with van der Waals surface area (Å²) in [6.45, 7) is 1.25. The van der Waals surface area contributed by atoms with E-state index in [1.54, 1.807) is 4.90 Å². The SMILES string of the molecule is CC(O)(CN1CCC(CC(N)=O)CC1)C(F)(F)F. The van der Waals surface area contributed by atoms with Gasteiger partial charge in [0.1, 0.15) is 0 Å². The van der Waals surface area contributed by atoms with Crippen LogP contribution >= 0.6 is 0 Å². The number of aliphatic hydroxyl groups is 1. The molecule has 18 heavy (non-hydrogen) atoms. The highest BCUT2D eigenvalue weighted by Gasteiger charge is 2.50. The predicted molar refractivity (Wildman–Crippen MR) is 59.7 cm³/mol. The number of primary amides is 1. The predicted octanol–water partition coefficient (Wildman–Crippen LogP) is 0.887. The Hall–Kier alpha value is -0.820. The molecule has 0 aromatic rings. The molecule has 0 aromatic carbocycles. The number of piperidine rings is 1. The third-order valence-electron chi connectivity index (χ3n) is 3.34. The molecule has 1 atom stereocenters. The number of hydrogen-bond acceptors (Lipinski definition) is 3. The van der Waals surface area contributed by atoms with Crippen LogP contribution in [0.25, 0.3) is 0 Å². The van der Waals surface area contributed by atoms with Gasteiger partial charge in [-0.05, 0) is 38.8 Å². The summed E-state index contributed by atoms with van der Waals surface area (Å²) >= 11 is 0. The van der Waals surface area contributed by atoms with Gasteiger partial charge in [-0.25, -0.2) is 0 Å². The van der Waals surface area contributed by atoms with E-state index in [2.05, 4.69) is 0 Å². The van der Waals surface area contributed by atoms with Crippen molar-refractivity contribution in [3.63, 3.8) is 0 Å². The summed E-state index contributed by atoms with van der Waals surface area (Å²) in [5, 5.41) is 9.37. The minimum Gasteiger partial charge on any atom is -0.380 e. The Kier molecular flexibility index (Phi) is 4.61. The first-order valence-electron chi connectivity index (χ1n) is 5.91. The average molecular weight is 268 g/mol. The Labute approximate surface area is 104 Å². The quantitative estimate of drug-likeness (QED) is 0.795. The van der Waals surface area contributed by atoms with Gasteiger partial charge in [0, 0.05) is 13.0 Å². The molecule has 0 radical (unpaired) electrons. The lowest BCUT2D eigenvalue weighted by Gasteiger charge is -2.37. The molecular formula is C11H19F3N2O2. The lowest BCUT2D eigenvalue weighted by molar-refractivity contribution is -0.258. The summed E-state index contributed by atoms with van der Waals surface area (Å²) in [6.07, 6.45) is -3.08. The molecule has 3 N–H and O–H groups in total. The van der Waals surface area contributed by atoms with E-state index in [0.717, 1.165) is 6.92 Å². The molecule has 4 nitrogen and oxygen atoms in total. The van der Waals surface area contributed by atoms with Crippen molar-refractivity contribution >= 4 is 5.91 Å². The molecule has 1 rings (SSSR count). The van der Waals surface area contributed by atoms with Gasteiger partial charge in [-0.1, -0.05) is 0 Å². The monoisotopic (exact) mass is 268 g/mol. The van der Waals surface area contributed by atoms with E-state index >= 15 is 0 Å². The van der Waals surface area contributed by atoms with Crippen molar-refractivity contribution in [3.8, 4) is 0 Å². The molecule has 7 heteroatoms. The van der Waals surface area contributed by atoms with Crippen molar-refractivity contribution in [2.75, 3.05) is 19.6 Å². The minimum absolute atomic E-state index is 0.148. The number of likely N-dealkylation sites (tertiary alicyclic amines) is 1. The van der Waals surface area contributed by atoms with Crippen molar-refractivity contribution in [3.05, 3.63) is 0 Å². The molecule has 0 spiro atoms. The lowest BCUT2D eigenvalue weighted by Crippen LogP contribution is -2.52. The molecule has 1 amide bonds. The molecule has 0 aliphatic carbocycles. The fourth-order valence-corrected chi connectivity index (χ4v) is 2.16. The van der Waals surface area contributed by atoms with Gasteiger partial charge in [0.15, 0.2) is 5.60 Å². The number of alkyl halides is 3. The van der Waals surface area contributed by atoms with E-state index in [9.17, 15) is 23.1 Å². The molecule has 1 aliphatic rings. The molecule has 106 valence electrons. The van der Waals surface area contributed by atoms with Crippen LogP contribution in [0.1, 0.15) is 26.2 Å². The van der Waals surface area contributed by atoms with Gasteiger partial charge >= 0.3 is 6.18 Å². The smallest absolute Gasteiger partial charge is 0.380 e. The summed E-state index contributed by atoms with van der Waals surface area (Å²) in [5.74, 6) is -0.231. The Bertz CT molecular complexity index is 297. The minimum atomic E-state index is -4.63. The average Bonchev–Trinajstić information content (AvgIpc) is 2.18. The first-order valence-corrected chi connectivity index (χ1v) is 5.91. The summed E-state index contributed by atoms with van der Waals surface area (Å²) in [5.41, 5.74) is 2.38. The molecule has 1 fully saturated rings. The molecular weight excluding hydrogens is 249 g/mol. The van der Waals surface area contributed by atoms with Crippen molar-refractivity contribution in [2.45, 2.75) is 38.0 Å². The number of nitrogens with two attached hydrogens (primary N) is 1. The number of hydrogen-bond donors (Lipinski definition) is 2. The van der Waals surface area contributed by atoms with Crippen LogP contribution in [0.2, 0.25) is 0 Å². The first kappa shape index (κ1) is 15.2. The maximum atomic E-state index is 12.5. The normalized spacial score (nSPS) is 22.7. The zero-order chi connectivity index (χ0) is 14.0. The number of nitrogens with zero attached hydrogens (tertiary/aromatic N) is 1. The molecule has 1 aliphatic heterocycles. The molecule has 1 unspecified atom stereocenters. The highest BCUT2D eigenvalue weighted by Crippen LogP contribution is 2.32. The van der Waals surface area contributed by atoms with Gasteiger partial charge in [-0.3, -0.25) is 4.79 Å². The van der Waals surface area contributed by atoms with Crippen LogP contribution in [0, 0.1) is 5.92 Å². The second-order valence-corrected chi connectivity index (χ2v) is 5.16. The maximum Gasteiger partial charge on any atom is 0.418 e. The van der Waals surface area contributed by atoms with Crippen molar-refractivity contribution in [2.24, 2.45) is 11.7 Å². The summed E-state index contributed by atoms with van der Waals surface area (Å²) in [6, 6.07) is 0. The standard InChI is InChI=1S/C11H19F3N2O2/c1-10(18,11(12,13)14)7-16-4-2-8(3-5-16)6-9(15)17/h8,18H,2-7H2,1H3,(H2,15,17).